The number of hydrogen-bond donors (Lipinski definition) is 0. The minimum atomic E-state index is 0.992. The predicted molar refractivity (Wildman–Crippen MR) is 62.8 cm³/mol. The van der Waals surface area contributed by atoms with Crippen molar-refractivity contribution in [3.05, 3.63) is 54.9 Å². The van der Waals surface area contributed by atoms with Crippen LogP contribution >= 0.6 is 0 Å². The molecule has 2 aromatic carbocycles. The number of benzene rings is 2. The van der Waals surface area contributed by atoms with Gasteiger partial charge in [0.1, 0.15) is 0 Å². The van der Waals surface area contributed by atoms with Crippen molar-refractivity contribution < 1.29 is 0 Å². The van der Waals surface area contributed by atoms with Crippen LogP contribution in [0.4, 0.5) is 0 Å². The van der Waals surface area contributed by atoms with Gasteiger partial charge in [-0.15, -0.1) is 10.2 Å². The van der Waals surface area contributed by atoms with Gasteiger partial charge in [0, 0.05) is 5.56 Å². The van der Waals surface area contributed by atoms with E-state index in [2.05, 4.69) is 39.7 Å². The maximum Gasteiger partial charge on any atom is 0.0608 e. The second kappa shape index (κ2) is 3.70. The Labute approximate surface area is 92.8 Å². The molecule has 0 radical (unpaired) electrons. The third kappa shape index (κ3) is 1.42. The highest BCUT2D eigenvalue weighted by Gasteiger charge is 2.02. The number of hydrogen-bond acceptors (Lipinski definition) is 3. The molecular formula is C13H9N3. The Hall–Kier alpha value is -2.29. The van der Waals surface area contributed by atoms with E-state index in [1.165, 1.54) is 10.8 Å². The highest BCUT2D eigenvalue weighted by molar-refractivity contribution is 5.96. The highest BCUT2D eigenvalue weighted by atomic mass is 15.3. The van der Waals surface area contributed by atoms with Gasteiger partial charge in [-0.3, -0.25) is 0 Å². The fraction of sp³-hybridized carbons (Fsp3) is 0. The van der Waals surface area contributed by atoms with Gasteiger partial charge in [-0.1, -0.05) is 42.5 Å². The van der Waals surface area contributed by atoms with Crippen molar-refractivity contribution in [2.45, 2.75) is 0 Å². The van der Waals surface area contributed by atoms with Crippen molar-refractivity contribution in [2.75, 3.05) is 0 Å². The first-order valence-corrected chi connectivity index (χ1v) is 5.07. The van der Waals surface area contributed by atoms with E-state index in [0.717, 1.165) is 11.1 Å². The first-order valence-electron chi connectivity index (χ1n) is 5.07. The van der Waals surface area contributed by atoms with Gasteiger partial charge in [0.05, 0.1) is 12.4 Å². The molecule has 0 saturated carbocycles. The summed E-state index contributed by atoms with van der Waals surface area (Å²) in [7, 11) is 0. The van der Waals surface area contributed by atoms with E-state index in [4.69, 9.17) is 0 Å². The monoisotopic (exact) mass is 207 g/mol. The summed E-state index contributed by atoms with van der Waals surface area (Å²) in [5.74, 6) is 0. The Bertz CT molecular complexity index is 615. The summed E-state index contributed by atoms with van der Waals surface area (Å²) < 4.78 is 0. The third-order valence-corrected chi connectivity index (χ3v) is 2.60. The molecule has 1 heterocycles. The van der Waals surface area contributed by atoms with Crippen LogP contribution in [0.5, 0.6) is 0 Å². The van der Waals surface area contributed by atoms with E-state index >= 15 is 0 Å². The molecule has 0 amide bonds. The van der Waals surface area contributed by atoms with Gasteiger partial charge in [-0.05, 0) is 21.5 Å². The molecule has 3 aromatic rings. The Balaban J connectivity index is 2.32. The van der Waals surface area contributed by atoms with Crippen LogP contribution in [0, 0.1) is 0 Å². The largest absolute Gasteiger partial charge is 0.138 e. The molecule has 3 heteroatoms. The number of fused-ring (bicyclic) bond motifs is 1. The Kier molecular flexibility index (Phi) is 2.07. The van der Waals surface area contributed by atoms with Crippen molar-refractivity contribution in [1.82, 2.24) is 15.4 Å². The summed E-state index contributed by atoms with van der Waals surface area (Å²) in [4.78, 5) is 0. The third-order valence-electron chi connectivity index (χ3n) is 2.60. The van der Waals surface area contributed by atoms with Crippen molar-refractivity contribution >= 4 is 10.8 Å². The maximum absolute atomic E-state index is 3.81. The van der Waals surface area contributed by atoms with Gasteiger partial charge in [0.15, 0.2) is 0 Å². The summed E-state index contributed by atoms with van der Waals surface area (Å²) in [6, 6.07) is 14.5. The van der Waals surface area contributed by atoms with Gasteiger partial charge in [-0.2, -0.15) is 0 Å². The zero-order valence-corrected chi connectivity index (χ0v) is 8.54. The normalized spacial score (nSPS) is 10.5. The van der Waals surface area contributed by atoms with Crippen LogP contribution in [0.25, 0.3) is 21.9 Å². The van der Waals surface area contributed by atoms with E-state index in [1.54, 1.807) is 12.4 Å². The van der Waals surface area contributed by atoms with Crippen LogP contribution in [-0.4, -0.2) is 15.4 Å². The van der Waals surface area contributed by atoms with E-state index in [1.807, 2.05) is 18.2 Å². The molecule has 0 bridgehead atoms. The van der Waals surface area contributed by atoms with Crippen LogP contribution < -0.4 is 0 Å². The average molecular weight is 207 g/mol. The van der Waals surface area contributed by atoms with Crippen LogP contribution in [0.15, 0.2) is 54.9 Å². The number of rotatable bonds is 1. The smallest absolute Gasteiger partial charge is 0.0608 e. The summed E-state index contributed by atoms with van der Waals surface area (Å²) in [5, 5.41) is 13.6. The van der Waals surface area contributed by atoms with Gasteiger partial charge in [-0.25, -0.2) is 0 Å². The minimum absolute atomic E-state index is 0.992. The summed E-state index contributed by atoms with van der Waals surface area (Å²) in [5.41, 5.74) is 2.13. The van der Waals surface area contributed by atoms with Crippen LogP contribution in [0.1, 0.15) is 0 Å². The summed E-state index contributed by atoms with van der Waals surface area (Å²) in [6.07, 6.45) is 3.46. The van der Waals surface area contributed by atoms with Crippen molar-refractivity contribution in [3.63, 3.8) is 0 Å². The molecule has 3 rings (SSSR count). The summed E-state index contributed by atoms with van der Waals surface area (Å²) in [6.45, 7) is 0. The van der Waals surface area contributed by atoms with Crippen molar-refractivity contribution in [1.29, 1.82) is 0 Å². The molecule has 0 fully saturated rings. The van der Waals surface area contributed by atoms with E-state index < -0.39 is 0 Å². The van der Waals surface area contributed by atoms with Crippen LogP contribution in [-0.2, 0) is 0 Å². The fourth-order valence-corrected chi connectivity index (χ4v) is 1.86. The van der Waals surface area contributed by atoms with Crippen molar-refractivity contribution in [3.8, 4) is 11.1 Å². The highest BCUT2D eigenvalue weighted by Crippen LogP contribution is 2.26. The molecule has 0 aliphatic rings. The average Bonchev–Trinajstić information content (AvgIpc) is 2.39. The molecule has 0 aliphatic carbocycles. The lowest BCUT2D eigenvalue weighted by molar-refractivity contribution is 0.867. The molecular weight excluding hydrogens is 198 g/mol. The van der Waals surface area contributed by atoms with E-state index in [9.17, 15) is 0 Å². The topological polar surface area (TPSA) is 38.7 Å². The predicted octanol–water partition coefficient (Wildman–Crippen LogP) is 2.69. The minimum Gasteiger partial charge on any atom is -0.138 e. The van der Waals surface area contributed by atoms with Gasteiger partial charge < -0.3 is 0 Å². The van der Waals surface area contributed by atoms with Gasteiger partial charge in [0.2, 0.25) is 0 Å². The fourth-order valence-electron chi connectivity index (χ4n) is 1.86. The summed E-state index contributed by atoms with van der Waals surface area (Å²) >= 11 is 0. The zero-order chi connectivity index (χ0) is 10.8. The molecule has 0 saturated heterocycles. The molecule has 0 aliphatic heterocycles. The lowest BCUT2D eigenvalue weighted by Gasteiger charge is -2.04. The molecule has 1 aromatic heterocycles. The molecule has 16 heavy (non-hydrogen) atoms. The zero-order valence-electron chi connectivity index (χ0n) is 8.54. The quantitative estimate of drug-likeness (QED) is 0.615. The first-order chi connectivity index (χ1) is 7.95. The second-order valence-electron chi connectivity index (χ2n) is 3.56. The second-order valence-corrected chi connectivity index (χ2v) is 3.56. The van der Waals surface area contributed by atoms with E-state index in [0.29, 0.717) is 0 Å². The Morgan fingerprint density at radius 3 is 2.38 bits per heavy atom. The standard InChI is InChI=1S/C13H9N3/c1-2-6-12-10(4-1)5-3-7-13(12)11-8-14-16-15-9-11/h1-9H. The molecule has 0 N–H and O–H groups in total. The van der Waals surface area contributed by atoms with Gasteiger partial charge >= 0.3 is 0 Å². The molecule has 0 atom stereocenters. The number of nitrogens with zero attached hydrogens (tertiary/aromatic N) is 3. The molecule has 3 nitrogen and oxygen atoms in total. The van der Waals surface area contributed by atoms with Crippen molar-refractivity contribution in [2.24, 2.45) is 0 Å². The van der Waals surface area contributed by atoms with Crippen LogP contribution in [0.3, 0.4) is 0 Å². The maximum atomic E-state index is 3.81. The Morgan fingerprint density at radius 2 is 1.50 bits per heavy atom. The van der Waals surface area contributed by atoms with Crippen LogP contribution in [0.2, 0.25) is 0 Å². The first kappa shape index (κ1) is 8.97. The molecule has 0 spiro atoms. The Morgan fingerprint density at radius 1 is 0.750 bits per heavy atom. The SMILES string of the molecule is c1ccc2c(-c3cnnnc3)cccc2c1. The lowest BCUT2D eigenvalue weighted by atomic mass is 10.0. The lowest BCUT2D eigenvalue weighted by Crippen LogP contribution is -1.87. The van der Waals surface area contributed by atoms with E-state index in [-0.39, 0.29) is 0 Å². The molecule has 0 unspecified atom stereocenters. The number of aromatic nitrogens is 3. The molecule has 76 valence electrons. The van der Waals surface area contributed by atoms with Gasteiger partial charge in [0.25, 0.3) is 0 Å².